The highest BCUT2D eigenvalue weighted by Gasteiger charge is 2.35. The van der Waals surface area contributed by atoms with Gasteiger partial charge in [0.05, 0.1) is 0 Å². The first-order chi connectivity index (χ1) is 8.40. The minimum absolute atomic E-state index is 0.0252. The van der Waals surface area contributed by atoms with Crippen LogP contribution in [0.2, 0.25) is 0 Å². The Morgan fingerprint density at radius 1 is 1.33 bits per heavy atom. The van der Waals surface area contributed by atoms with Gasteiger partial charge in [0.2, 0.25) is 0 Å². The second kappa shape index (κ2) is 4.56. The molecule has 0 saturated heterocycles. The predicted octanol–water partition coefficient (Wildman–Crippen LogP) is 2.73. The molecule has 0 N–H and O–H groups in total. The largest absolute Gasteiger partial charge is 0.454 e. The molecule has 0 fully saturated rings. The molecular weight excluding hydrogens is 228 g/mol. The molecule has 0 saturated carbocycles. The van der Waals surface area contributed by atoms with E-state index in [4.69, 9.17) is 4.74 Å². The molecular formula is C15H18O3. The molecule has 0 aromatic carbocycles. The molecule has 3 nitrogen and oxygen atoms in total. The Balaban J connectivity index is 2.37. The molecule has 2 bridgehead atoms. The fraction of sp³-hybridized carbons (Fsp3) is 0.467. The Bertz CT molecular complexity index is 478. The normalized spacial score (nSPS) is 31.8. The summed E-state index contributed by atoms with van der Waals surface area (Å²) in [5.74, 6) is -0.198. The minimum atomic E-state index is -0.363. The number of hydrogen-bond acceptors (Lipinski definition) is 3. The minimum Gasteiger partial charge on any atom is -0.454 e. The Kier molecular flexibility index (Phi) is 3.24. The highest BCUT2D eigenvalue weighted by Crippen LogP contribution is 2.33. The van der Waals surface area contributed by atoms with Gasteiger partial charge >= 0.3 is 5.97 Å². The van der Waals surface area contributed by atoms with Gasteiger partial charge < -0.3 is 4.74 Å². The average molecular weight is 246 g/mol. The van der Waals surface area contributed by atoms with E-state index in [1.54, 1.807) is 6.08 Å². The molecule has 1 heterocycles. The molecule has 0 unspecified atom stereocenters. The fourth-order valence-electron chi connectivity index (χ4n) is 2.09. The van der Waals surface area contributed by atoms with Crippen LogP contribution in [0.4, 0.5) is 0 Å². The van der Waals surface area contributed by atoms with Gasteiger partial charge in [-0.05, 0) is 37.5 Å². The Morgan fingerprint density at radius 3 is 2.78 bits per heavy atom. The molecule has 0 aromatic rings. The number of rotatable bonds is 0. The molecule has 3 heteroatoms. The zero-order valence-corrected chi connectivity index (χ0v) is 11.0. The van der Waals surface area contributed by atoms with Gasteiger partial charge in [-0.15, -0.1) is 0 Å². The van der Waals surface area contributed by atoms with E-state index in [0.717, 1.165) is 11.1 Å². The van der Waals surface area contributed by atoms with E-state index >= 15 is 0 Å². The summed E-state index contributed by atoms with van der Waals surface area (Å²) in [4.78, 5) is 23.5. The maximum Gasteiger partial charge on any atom is 0.334 e. The third kappa shape index (κ3) is 2.45. The van der Waals surface area contributed by atoms with E-state index < -0.39 is 0 Å². The third-order valence-electron chi connectivity index (χ3n) is 3.50. The van der Waals surface area contributed by atoms with Crippen LogP contribution in [-0.2, 0) is 14.3 Å². The van der Waals surface area contributed by atoms with Crippen molar-refractivity contribution in [3.63, 3.8) is 0 Å². The molecule has 1 aliphatic carbocycles. The summed E-state index contributed by atoms with van der Waals surface area (Å²) < 4.78 is 5.36. The number of allylic oxidation sites excluding steroid dienone is 3. The summed E-state index contributed by atoms with van der Waals surface area (Å²) in [6, 6.07) is 0. The third-order valence-corrected chi connectivity index (χ3v) is 3.50. The van der Waals surface area contributed by atoms with Crippen molar-refractivity contribution in [2.75, 3.05) is 0 Å². The van der Waals surface area contributed by atoms with E-state index in [-0.39, 0.29) is 23.3 Å². The van der Waals surface area contributed by atoms with Crippen molar-refractivity contribution in [1.29, 1.82) is 0 Å². The van der Waals surface area contributed by atoms with Gasteiger partial charge in [-0.2, -0.15) is 0 Å². The lowest BCUT2D eigenvalue weighted by molar-refractivity contribution is -0.142. The van der Waals surface area contributed by atoms with Gasteiger partial charge in [0, 0.05) is 11.0 Å². The highest BCUT2D eigenvalue weighted by molar-refractivity contribution is 6.03. The van der Waals surface area contributed by atoms with Gasteiger partial charge in [-0.25, -0.2) is 4.79 Å². The van der Waals surface area contributed by atoms with Crippen LogP contribution >= 0.6 is 0 Å². The van der Waals surface area contributed by atoms with Crippen molar-refractivity contribution in [1.82, 2.24) is 0 Å². The topological polar surface area (TPSA) is 43.4 Å². The number of carbonyl (C=O) groups is 2. The molecule has 2 aliphatic rings. The number of ether oxygens (including phenoxy) is 1. The van der Waals surface area contributed by atoms with Crippen LogP contribution in [0.3, 0.4) is 0 Å². The maximum atomic E-state index is 11.8. The van der Waals surface area contributed by atoms with E-state index in [2.05, 4.69) is 0 Å². The second-order valence-electron chi connectivity index (χ2n) is 5.46. The van der Waals surface area contributed by atoms with Crippen LogP contribution in [0.1, 0.15) is 33.6 Å². The van der Waals surface area contributed by atoms with Crippen molar-refractivity contribution in [2.24, 2.45) is 5.41 Å². The first kappa shape index (κ1) is 12.8. The maximum absolute atomic E-state index is 11.8. The Hall–Kier alpha value is -1.64. The van der Waals surface area contributed by atoms with E-state index in [0.29, 0.717) is 12.8 Å². The standard InChI is InChI=1S/C15H18O3/c1-10-5-4-6-11-9-13(18-14(11)17)15(2,3)8-7-12(10)16/h5,7-9,13H,4,6H2,1-3H3/b8-7+,10-5-/t13-/m0/s1. The molecule has 18 heavy (non-hydrogen) atoms. The zero-order chi connectivity index (χ0) is 13.3. The lowest BCUT2D eigenvalue weighted by Gasteiger charge is -2.25. The van der Waals surface area contributed by atoms with E-state index in [1.165, 1.54) is 0 Å². The number of esters is 1. The van der Waals surface area contributed by atoms with Gasteiger partial charge in [0.1, 0.15) is 6.10 Å². The number of ketones is 1. The van der Waals surface area contributed by atoms with Gasteiger partial charge in [-0.3, -0.25) is 4.79 Å². The summed E-state index contributed by atoms with van der Waals surface area (Å²) >= 11 is 0. The van der Waals surface area contributed by atoms with Crippen LogP contribution in [0.25, 0.3) is 0 Å². The van der Waals surface area contributed by atoms with E-state index in [9.17, 15) is 9.59 Å². The van der Waals surface area contributed by atoms with Crippen LogP contribution in [0, 0.1) is 5.41 Å². The van der Waals surface area contributed by atoms with Gasteiger partial charge in [0.25, 0.3) is 0 Å². The smallest absolute Gasteiger partial charge is 0.334 e. The van der Waals surface area contributed by atoms with Crippen LogP contribution < -0.4 is 0 Å². The van der Waals surface area contributed by atoms with Crippen molar-refractivity contribution >= 4 is 11.8 Å². The summed E-state index contributed by atoms with van der Waals surface area (Å²) in [7, 11) is 0. The highest BCUT2D eigenvalue weighted by atomic mass is 16.5. The quantitative estimate of drug-likeness (QED) is 0.617. The molecule has 1 atom stereocenters. The molecule has 2 rings (SSSR count). The van der Waals surface area contributed by atoms with Crippen molar-refractivity contribution in [3.05, 3.63) is 35.5 Å². The summed E-state index contributed by atoms with van der Waals surface area (Å²) in [6.45, 7) is 5.73. The average Bonchev–Trinajstić information content (AvgIpc) is 2.67. The lowest BCUT2D eigenvalue weighted by Crippen LogP contribution is -2.27. The van der Waals surface area contributed by atoms with Crippen LogP contribution in [0.5, 0.6) is 0 Å². The molecule has 0 spiro atoms. The summed E-state index contributed by atoms with van der Waals surface area (Å²) in [5, 5.41) is 0. The van der Waals surface area contributed by atoms with Crippen molar-refractivity contribution in [2.45, 2.75) is 39.7 Å². The van der Waals surface area contributed by atoms with Crippen LogP contribution in [0.15, 0.2) is 35.5 Å². The van der Waals surface area contributed by atoms with Gasteiger partial charge in [0.15, 0.2) is 5.78 Å². The summed E-state index contributed by atoms with van der Waals surface area (Å²) in [5.41, 5.74) is 1.09. The van der Waals surface area contributed by atoms with Gasteiger partial charge in [-0.1, -0.05) is 26.0 Å². The molecule has 0 radical (unpaired) electrons. The number of hydrogen-bond donors (Lipinski definition) is 0. The zero-order valence-electron chi connectivity index (χ0n) is 11.0. The molecule has 96 valence electrons. The fourth-order valence-corrected chi connectivity index (χ4v) is 2.09. The van der Waals surface area contributed by atoms with Crippen molar-refractivity contribution in [3.8, 4) is 0 Å². The Morgan fingerprint density at radius 2 is 2.06 bits per heavy atom. The van der Waals surface area contributed by atoms with E-state index in [1.807, 2.05) is 39.0 Å². The Labute approximate surface area is 107 Å². The van der Waals surface area contributed by atoms with Crippen LogP contribution in [-0.4, -0.2) is 17.9 Å². The SMILES string of the molecule is C/C1=C/CCC2=C[C@H](OC2=O)C(C)(C)/C=C/C1=O. The molecule has 0 aromatic heterocycles. The number of carbonyl (C=O) groups excluding carboxylic acids is 2. The summed E-state index contributed by atoms with van der Waals surface area (Å²) in [6.07, 6.45) is 8.24. The predicted molar refractivity (Wildman–Crippen MR) is 68.9 cm³/mol. The first-order valence-electron chi connectivity index (χ1n) is 6.22. The second-order valence-corrected chi connectivity index (χ2v) is 5.46. The lowest BCUT2D eigenvalue weighted by atomic mass is 9.85. The molecule has 0 amide bonds. The van der Waals surface area contributed by atoms with Crippen molar-refractivity contribution < 1.29 is 14.3 Å². The monoisotopic (exact) mass is 246 g/mol. The number of fused-ring (bicyclic) bond motifs is 1. The first-order valence-corrected chi connectivity index (χ1v) is 6.22. The molecule has 1 aliphatic heterocycles.